The molecule has 8 heteroatoms. The lowest BCUT2D eigenvalue weighted by Crippen LogP contribution is -2.43. The normalized spacial score (nSPS) is 18.2. The number of carbonyl (C=O) groups is 1. The summed E-state index contributed by atoms with van der Waals surface area (Å²) < 4.78 is 7.06. The molecule has 1 amide bonds. The van der Waals surface area contributed by atoms with E-state index >= 15 is 0 Å². The van der Waals surface area contributed by atoms with E-state index in [0.717, 1.165) is 67.6 Å². The molecule has 33 heavy (non-hydrogen) atoms. The van der Waals surface area contributed by atoms with Gasteiger partial charge in [0.2, 0.25) is 0 Å². The smallest absolute Gasteiger partial charge is 0.286 e. The number of amides is 1. The van der Waals surface area contributed by atoms with Crippen molar-refractivity contribution >= 4 is 40.8 Å². The molecule has 1 aromatic carbocycles. The first-order chi connectivity index (χ1) is 16.1. The van der Waals surface area contributed by atoms with E-state index in [-0.39, 0.29) is 5.91 Å². The Bertz CT molecular complexity index is 1180. The van der Waals surface area contributed by atoms with Crippen molar-refractivity contribution in [1.82, 2.24) is 20.2 Å². The predicted molar refractivity (Wildman–Crippen MR) is 131 cm³/mol. The maximum absolute atomic E-state index is 13.4. The van der Waals surface area contributed by atoms with Gasteiger partial charge in [0.15, 0.2) is 5.69 Å². The van der Waals surface area contributed by atoms with Gasteiger partial charge in [-0.05, 0) is 68.0 Å². The fourth-order valence-electron chi connectivity index (χ4n) is 4.68. The number of carbonyl (C=O) groups excluding carboxylic acids is 1. The first-order valence-corrected chi connectivity index (χ1v) is 12.2. The predicted octanol–water partition coefficient (Wildman–Crippen LogP) is 6.17. The van der Waals surface area contributed by atoms with Crippen LogP contribution in [-0.2, 0) is 6.42 Å². The van der Waals surface area contributed by atoms with Crippen molar-refractivity contribution in [3.05, 3.63) is 69.4 Å². The van der Waals surface area contributed by atoms with Crippen molar-refractivity contribution in [2.75, 3.05) is 13.1 Å². The molecule has 0 bridgehead atoms. The second kappa shape index (κ2) is 9.75. The van der Waals surface area contributed by atoms with Crippen LogP contribution in [0.1, 0.15) is 65.8 Å². The van der Waals surface area contributed by atoms with Crippen molar-refractivity contribution in [1.29, 1.82) is 0 Å². The number of rotatable bonds is 4. The molecule has 1 aliphatic carbocycles. The lowest BCUT2D eigenvalue weighted by Gasteiger charge is -2.21. The number of hydrogen-bond acceptors (Lipinski definition) is 4. The number of aromatic nitrogens is 2. The number of fused-ring (bicyclic) bond motifs is 1. The molecule has 3 heterocycles. The minimum atomic E-state index is -0.165. The summed E-state index contributed by atoms with van der Waals surface area (Å²) in [7, 11) is 0. The van der Waals surface area contributed by atoms with Crippen LogP contribution in [0.15, 0.2) is 41.2 Å². The van der Waals surface area contributed by atoms with Crippen LogP contribution in [0.3, 0.4) is 0 Å². The van der Waals surface area contributed by atoms with Gasteiger partial charge in [-0.25, -0.2) is 9.69 Å². The van der Waals surface area contributed by atoms with E-state index < -0.39 is 0 Å². The molecule has 0 spiro atoms. The molecule has 5 rings (SSSR count). The monoisotopic (exact) mass is 484 g/mol. The minimum Gasteiger partial charge on any atom is -0.472 e. The number of allylic oxidation sites excluding steroid dienone is 1. The van der Waals surface area contributed by atoms with E-state index in [4.69, 9.17) is 32.7 Å². The van der Waals surface area contributed by atoms with E-state index in [0.29, 0.717) is 21.4 Å². The Hall–Kier alpha value is -2.54. The maximum Gasteiger partial charge on any atom is 0.286 e. The molecular formula is C25H26Cl2N4O2. The van der Waals surface area contributed by atoms with E-state index in [1.54, 1.807) is 29.3 Å². The van der Waals surface area contributed by atoms with Gasteiger partial charge >= 0.3 is 0 Å². The molecule has 2 aromatic heterocycles. The molecule has 1 saturated heterocycles. The lowest BCUT2D eigenvalue weighted by atomic mass is 9.90. The van der Waals surface area contributed by atoms with Gasteiger partial charge in [-0.1, -0.05) is 36.0 Å². The van der Waals surface area contributed by atoms with Gasteiger partial charge in [0, 0.05) is 29.2 Å². The quantitative estimate of drug-likeness (QED) is 0.480. The number of hydrazine groups is 1. The van der Waals surface area contributed by atoms with Crippen LogP contribution in [0, 0.1) is 0 Å². The van der Waals surface area contributed by atoms with Crippen LogP contribution in [0.4, 0.5) is 0 Å². The Morgan fingerprint density at radius 1 is 1.06 bits per heavy atom. The Balaban J connectivity index is 1.59. The Morgan fingerprint density at radius 2 is 1.88 bits per heavy atom. The van der Waals surface area contributed by atoms with Crippen molar-refractivity contribution in [2.24, 2.45) is 0 Å². The van der Waals surface area contributed by atoms with Gasteiger partial charge in [0.05, 0.1) is 28.9 Å². The number of benzene rings is 1. The molecule has 2 aliphatic rings. The third-order valence-corrected chi connectivity index (χ3v) is 6.80. The first-order valence-electron chi connectivity index (χ1n) is 11.5. The van der Waals surface area contributed by atoms with E-state index in [2.05, 4.69) is 11.5 Å². The van der Waals surface area contributed by atoms with Crippen LogP contribution < -0.4 is 5.43 Å². The molecule has 6 nitrogen and oxygen atoms in total. The van der Waals surface area contributed by atoms with Crippen molar-refractivity contribution in [3.63, 3.8) is 0 Å². The lowest BCUT2D eigenvalue weighted by molar-refractivity contribution is 0.0787. The summed E-state index contributed by atoms with van der Waals surface area (Å²) in [5.74, 6) is -0.165. The van der Waals surface area contributed by atoms with E-state index in [1.807, 2.05) is 17.1 Å². The highest BCUT2D eigenvalue weighted by molar-refractivity contribution is 6.35. The Kier molecular flexibility index (Phi) is 6.58. The summed E-state index contributed by atoms with van der Waals surface area (Å²) in [4.78, 5) is 13.4. The number of hydrogen-bond donors (Lipinski definition) is 1. The number of halogens is 2. The molecule has 1 N–H and O–H groups in total. The molecule has 0 radical (unpaired) electrons. The van der Waals surface area contributed by atoms with Crippen LogP contribution in [-0.4, -0.2) is 33.8 Å². The van der Waals surface area contributed by atoms with Crippen LogP contribution >= 0.6 is 23.2 Å². The fraction of sp³-hybridized carbons (Fsp3) is 0.360. The SMILES string of the molecule is O=C(NN1CCCCCC1)c1nn(-c2ccc(Cl)cc2Cl)c2c1CCC/C2=C\c1ccoc1. The van der Waals surface area contributed by atoms with E-state index in [9.17, 15) is 4.79 Å². The van der Waals surface area contributed by atoms with Crippen LogP contribution in [0.5, 0.6) is 0 Å². The highest BCUT2D eigenvalue weighted by Crippen LogP contribution is 2.37. The molecule has 0 unspecified atom stereocenters. The molecule has 1 fully saturated rings. The van der Waals surface area contributed by atoms with Gasteiger partial charge in [-0.2, -0.15) is 5.10 Å². The topological polar surface area (TPSA) is 63.3 Å². The van der Waals surface area contributed by atoms with Crippen LogP contribution in [0.2, 0.25) is 10.0 Å². The third kappa shape index (κ3) is 4.74. The number of nitrogens with zero attached hydrogens (tertiary/aromatic N) is 3. The summed E-state index contributed by atoms with van der Waals surface area (Å²) >= 11 is 12.7. The number of nitrogens with one attached hydrogen (secondary N) is 1. The standard InChI is InChI=1S/C25H26Cl2N4O2/c26-19-8-9-22(21(27)15-19)31-24-18(14-17-10-13-33-16-17)6-5-7-20(24)23(28-31)25(32)29-30-11-3-1-2-4-12-30/h8-10,13-16H,1-7,11-12H2,(H,29,32)/b18-14+. The van der Waals surface area contributed by atoms with Gasteiger partial charge in [-0.3, -0.25) is 10.2 Å². The summed E-state index contributed by atoms with van der Waals surface area (Å²) in [5.41, 5.74) is 8.21. The van der Waals surface area contributed by atoms with Gasteiger partial charge in [-0.15, -0.1) is 0 Å². The Labute approximate surface area is 203 Å². The van der Waals surface area contributed by atoms with Gasteiger partial charge in [0.25, 0.3) is 5.91 Å². The van der Waals surface area contributed by atoms with E-state index in [1.165, 1.54) is 12.8 Å². The summed E-state index contributed by atoms with van der Waals surface area (Å²) in [6.45, 7) is 1.73. The Morgan fingerprint density at radius 3 is 2.61 bits per heavy atom. The maximum atomic E-state index is 13.4. The molecular weight excluding hydrogens is 459 g/mol. The fourth-order valence-corrected chi connectivity index (χ4v) is 5.17. The molecule has 1 aliphatic heterocycles. The number of furan rings is 1. The summed E-state index contributed by atoms with van der Waals surface area (Å²) in [5, 5.41) is 7.88. The highest BCUT2D eigenvalue weighted by Gasteiger charge is 2.30. The average Bonchev–Trinajstić information content (AvgIpc) is 3.37. The molecule has 172 valence electrons. The average molecular weight is 485 g/mol. The van der Waals surface area contributed by atoms with Gasteiger partial charge < -0.3 is 4.42 Å². The zero-order valence-corrected chi connectivity index (χ0v) is 19.8. The molecule has 0 saturated carbocycles. The largest absolute Gasteiger partial charge is 0.472 e. The van der Waals surface area contributed by atoms with Crippen molar-refractivity contribution in [3.8, 4) is 5.69 Å². The van der Waals surface area contributed by atoms with Crippen molar-refractivity contribution in [2.45, 2.75) is 44.9 Å². The second-order valence-electron chi connectivity index (χ2n) is 8.61. The highest BCUT2D eigenvalue weighted by atomic mass is 35.5. The first kappa shape index (κ1) is 22.3. The molecule has 3 aromatic rings. The molecule has 0 atom stereocenters. The zero-order valence-electron chi connectivity index (χ0n) is 18.3. The zero-order chi connectivity index (χ0) is 22.8. The summed E-state index contributed by atoms with van der Waals surface area (Å²) in [6.07, 6.45) is 12.7. The summed E-state index contributed by atoms with van der Waals surface area (Å²) in [6, 6.07) is 7.25. The van der Waals surface area contributed by atoms with Crippen molar-refractivity contribution < 1.29 is 9.21 Å². The second-order valence-corrected chi connectivity index (χ2v) is 9.45. The van der Waals surface area contributed by atoms with Gasteiger partial charge in [0.1, 0.15) is 0 Å². The third-order valence-electron chi connectivity index (χ3n) is 6.26. The van der Waals surface area contributed by atoms with Crippen LogP contribution in [0.25, 0.3) is 17.3 Å². The minimum absolute atomic E-state index is 0.165.